The summed E-state index contributed by atoms with van der Waals surface area (Å²) >= 11 is 0. The smallest absolute Gasteiger partial charge is 0.298 e. The van der Waals surface area contributed by atoms with Gasteiger partial charge < -0.3 is 4.74 Å². The highest BCUT2D eigenvalue weighted by Gasteiger charge is 2.22. The Morgan fingerprint density at radius 1 is 0.778 bits per heavy atom. The number of rotatable bonds is 9. The van der Waals surface area contributed by atoms with Crippen molar-refractivity contribution in [1.82, 2.24) is 0 Å². The maximum atomic E-state index is 11.7. The van der Waals surface area contributed by atoms with Crippen LogP contribution in [-0.2, 0) is 26.7 Å². The van der Waals surface area contributed by atoms with E-state index in [9.17, 15) is 25.9 Å². The molecule has 0 aliphatic rings. The van der Waals surface area contributed by atoms with E-state index in [0.29, 0.717) is 12.8 Å². The average Bonchev–Trinajstić information content (AvgIpc) is 2.58. The topological polar surface area (TPSA) is 118 Å². The zero-order valence-electron chi connectivity index (χ0n) is 14.8. The summed E-state index contributed by atoms with van der Waals surface area (Å²) in [6.45, 7) is 2.05. The van der Waals surface area contributed by atoms with Crippen molar-refractivity contribution in [3.63, 3.8) is 0 Å². The molecule has 0 spiro atoms. The molecular formula is C18H22O7S2. The highest BCUT2D eigenvalue weighted by atomic mass is 32.2. The molecular weight excluding hydrogens is 392 g/mol. The number of para-hydroxylation sites is 1. The lowest BCUT2D eigenvalue weighted by molar-refractivity contribution is 0.441. The van der Waals surface area contributed by atoms with E-state index >= 15 is 0 Å². The van der Waals surface area contributed by atoms with Crippen LogP contribution in [0.2, 0.25) is 0 Å². The van der Waals surface area contributed by atoms with Gasteiger partial charge in [-0.25, -0.2) is 0 Å². The molecule has 27 heavy (non-hydrogen) atoms. The first-order valence-electron chi connectivity index (χ1n) is 8.48. The molecule has 2 N–H and O–H groups in total. The van der Waals surface area contributed by atoms with E-state index in [1.54, 1.807) is 0 Å². The fourth-order valence-electron chi connectivity index (χ4n) is 2.72. The van der Waals surface area contributed by atoms with Crippen LogP contribution in [0.5, 0.6) is 11.5 Å². The highest BCUT2D eigenvalue weighted by Crippen LogP contribution is 2.34. The van der Waals surface area contributed by atoms with Gasteiger partial charge in [-0.05, 0) is 37.1 Å². The Morgan fingerprint density at radius 2 is 1.37 bits per heavy atom. The van der Waals surface area contributed by atoms with Crippen molar-refractivity contribution in [2.45, 2.75) is 48.8 Å². The van der Waals surface area contributed by atoms with Gasteiger partial charge in [0.05, 0.1) is 0 Å². The lowest BCUT2D eigenvalue weighted by atomic mass is 10.1. The molecule has 2 aromatic carbocycles. The first-order chi connectivity index (χ1) is 12.6. The summed E-state index contributed by atoms with van der Waals surface area (Å²) in [6, 6.07) is 9.64. The van der Waals surface area contributed by atoms with Gasteiger partial charge in [-0.3, -0.25) is 9.11 Å². The van der Waals surface area contributed by atoms with Crippen molar-refractivity contribution in [3.05, 3.63) is 48.0 Å². The van der Waals surface area contributed by atoms with E-state index in [2.05, 4.69) is 0 Å². The molecule has 2 rings (SSSR count). The third kappa shape index (κ3) is 5.77. The Bertz CT molecular complexity index is 996. The summed E-state index contributed by atoms with van der Waals surface area (Å²) in [5, 5.41) is 0. The van der Waals surface area contributed by atoms with Crippen molar-refractivity contribution < 1.29 is 30.7 Å². The van der Waals surface area contributed by atoms with Crippen molar-refractivity contribution in [1.29, 1.82) is 0 Å². The molecule has 0 aliphatic carbocycles. The van der Waals surface area contributed by atoms with Crippen molar-refractivity contribution in [3.8, 4) is 11.5 Å². The van der Waals surface area contributed by atoms with Crippen LogP contribution < -0.4 is 4.74 Å². The normalized spacial score (nSPS) is 12.1. The summed E-state index contributed by atoms with van der Waals surface area (Å²) in [7, 11) is -9.00. The number of ether oxygens (including phenoxy) is 1. The van der Waals surface area contributed by atoms with Crippen LogP contribution in [0.4, 0.5) is 0 Å². The third-order valence-electron chi connectivity index (χ3n) is 4.00. The van der Waals surface area contributed by atoms with Gasteiger partial charge in [0.1, 0.15) is 21.3 Å². The Kier molecular flexibility index (Phi) is 6.99. The van der Waals surface area contributed by atoms with Crippen molar-refractivity contribution in [2.75, 3.05) is 0 Å². The lowest BCUT2D eigenvalue weighted by Crippen LogP contribution is -2.06. The molecule has 148 valence electrons. The largest absolute Gasteiger partial charge is 0.456 e. The monoisotopic (exact) mass is 414 g/mol. The number of benzene rings is 2. The second kappa shape index (κ2) is 8.83. The predicted octanol–water partition coefficient (Wildman–Crippen LogP) is 4.10. The van der Waals surface area contributed by atoms with E-state index < -0.39 is 25.1 Å². The molecule has 0 heterocycles. The molecule has 0 aromatic heterocycles. The van der Waals surface area contributed by atoms with Crippen LogP contribution >= 0.6 is 0 Å². The Hall–Kier alpha value is -1.94. The van der Waals surface area contributed by atoms with Gasteiger partial charge in [0.15, 0.2) is 0 Å². The molecule has 2 aromatic rings. The molecule has 0 saturated carbocycles. The van der Waals surface area contributed by atoms with Gasteiger partial charge in [0.25, 0.3) is 20.2 Å². The second-order valence-corrected chi connectivity index (χ2v) is 8.82. The quantitative estimate of drug-likeness (QED) is 0.468. The molecule has 7 nitrogen and oxygen atoms in total. The molecule has 0 radical (unpaired) electrons. The van der Waals surface area contributed by atoms with E-state index in [4.69, 9.17) is 4.74 Å². The molecule has 0 atom stereocenters. The third-order valence-corrected chi connectivity index (χ3v) is 5.83. The fraction of sp³-hybridized carbons (Fsp3) is 0.333. The molecule has 9 heteroatoms. The Labute approximate surface area is 159 Å². The van der Waals surface area contributed by atoms with Crippen LogP contribution in [0, 0.1) is 0 Å². The zero-order valence-corrected chi connectivity index (χ0v) is 16.5. The number of hydrogen-bond acceptors (Lipinski definition) is 5. The summed E-state index contributed by atoms with van der Waals surface area (Å²) in [5.74, 6) is -0.0278. The van der Waals surface area contributed by atoms with Gasteiger partial charge in [-0.15, -0.1) is 0 Å². The van der Waals surface area contributed by atoms with Gasteiger partial charge in [0, 0.05) is 5.56 Å². The van der Waals surface area contributed by atoms with Crippen molar-refractivity contribution in [2.24, 2.45) is 0 Å². The minimum atomic E-state index is -4.52. The van der Waals surface area contributed by atoms with Gasteiger partial charge in [-0.2, -0.15) is 16.8 Å². The minimum Gasteiger partial charge on any atom is -0.456 e. The minimum absolute atomic E-state index is 0.109. The van der Waals surface area contributed by atoms with E-state index in [1.807, 2.05) is 6.92 Å². The molecule has 0 aliphatic heterocycles. The molecule has 0 bridgehead atoms. The van der Waals surface area contributed by atoms with Crippen molar-refractivity contribution >= 4 is 20.2 Å². The predicted molar refractivity (Wildman–Crippen MR) is 100 cm³/mol. The fourth-order valence-corrected chi connectivity index (χ4v) is 4.10. The first kappa shape index (κ1) is 21.4. The lowest BCUT2D eigenvalue weighted by Gasteiger charge is -2.15. The van der Waals surface area contributed by atoms with Crippen LogP contribution in [0.15, 0.2) is 52.3 Å². The van der Waals surface area contributed by atoms with E-state index in [0.717, 1.165) is 19.3 Å². The molecule has 0 saturated heterocycles. The Balaban J connectivity index is 2.48. The Morgan fingerprint density at radius 3 is 2.00 bits per heavy atom. The molecule has 0 unspecified atom stereocenters. The summed E-state index contributed by atoms with van der Waals surface area (Å²) < 4.78 is 71.1. The molecule has 0 fully saturated rings. The second-order valence-electron chi connectivity index (χ2n) is 6.04. The SMILES string of the molecule is CCCCCCc1c(Oc2ccccc2S(=O)(=O)O)cccc1S(=O)(=O)O. The van der Waals surface area contributed by atoms with E-state index in [1.165, 1.54) is 42.5 Å². The summed E-state index contributed by atoms with van der Waals surface area (Å²) in [4.78, 5) is -0.708. The highest BCUT2D eigenvalue weighted by molar-refractivity contribution is 7.86. The maximum Gasteiger partial charge on any atom is 0.298 e. The molecule has 0 amide bonds. The summed E-state index contributed by atoms with van der Waals surface area (Å²) in [5.41, 5.74) is 0.265. The van der Waals surface area contributed by atoms with Crippen LogP contribution in [0.3, 0.4) is 0 Å². The summed E-state index contributed by atoms with van der Waals surface area (Å²) in [6.07, 6.45) is 3.87. The van der Waals surface area contributed by atoms with Crippen LogP contribution in [0.25, 0.3) is 0 Å². The average molecular weight is 415 g/mol. The van der Waals surface area contributed by atoms with Crippen LogP contribution in [0.1, 0.15) is 38.2 Å². The maximum absolute atomic E-state index is 11.7. The van der Waals surface area contributed by atoms with Gasteiger partial charge >= 0.3 is 0 Å². The number of unbranched alkanes of at least 4 members (excludes halogenated alkanes) is 3. The van der Waals surface area contributed by atoms with Gasteiger partial charge in [-0.1, -0.05) is 44.4 Å². The zero-order chi connectivity index (χ0) is 20.1. The van der Waals surface area contributed by atoms with Crippen LogP contribution in [-0.4, -0.2) is 25.9 Å². The number of hydrogen-bond donors (Lipinski definition) is 2. The van der Waals surface area contributed by atoms with E-state index in [-0.39, 0.29) is 22.0 Å². The first-order valence-corrected chi connectivity index (χ1v) is 11.4. The standard InChI is InChI=1S/C18H22O7S2/c1-2-3-4-5-9-14-15(11-8-13-17(14)26(19,20)21)25-16-10-6-7-12-18(16)27(22,23)24/h6-8,10-13H,2-5,9H2,1H3,(H,19,20,21)(H,22,23,24). The van der Waals surface area contributed by atoms with Gasteiger partial charge in [0.2, 0.25) is 0 Å².